The first-order valence-electron chi connectivity index (χ1n) is 5.30. The van der Waals surface area contributed by atoms with Crippen molar-refractivity contribution in [3.63, 3.8) is 0 Å². The zero-order valence-corrected chi connectivity index (χ0v) is 12.9. The molecular weight excluding hydrogens is 326 g/mol. The molecule has 0 spiro atoms. The number of carbonyl (C=O) groups is 1. The van der Waals surface area contributed by atoms with E-state index < -0.39 is 11.5 Å². The second-order valence-electron chi connectivity index (χ2n) is 3.52. The molecule has 0 atom stereocenters. The summed E-state index contributed by atoms with van der Waals surface area (Å²) in [4.78, 5) is 23.2. The summed E-state index contributed by atoms with van der Waals surface area (Å²) < 4.78 is 16.7. The SMILES string of the molecule is COc1nsc(OC)c1CNC(=O)c1s[nH]c(=O)c1Cl. The van der Waals surface area contributed by atoms with Gasteiger partial charge < -0.3 is 14.8 Å². The molecule has 10 heteroatoms. The molecule has 20 heavy (non-hydrogen) atoms. The lowest BCUT2D eigenvalue weighted by atomic mass is 10.3. The molecule has 0 aromatic carbocycles. The van der Waals surface area contributed by atoms with Crippen LogP contribution in [-0.4, -0.2) is 28.9 Å². The van der Waals surface area contributed by atoms with Gasteiger partial charge in [0, 0.05) is 11.5 Å². The molecule has 2 N–H and O–H groups in total. The molecule has 0 saturated carbocycles. The van der Waals surface area contributed by atoms with Crippen LogP contribution in [0.5, 0.6) is 10.9 Å². The standard InChI is InChI=1S/C10H10ClN3O4S2/c1-17-9-4(10(18-2)20-14-9)3-12-8(16)6-5(11)7(15)13-19-6/h3H2,1-2H3,(H,12,16)(H,13,15). The number of hydrogen-bond donors (Lipinski definition) is 2. The van der Waals surface area contributed by atoms with Gasteiger partial charge in [-0.15, -0.1) is 0 Å². The molecule has 7 nitrogen and oxygen atoms in total. The molecule has 0 aliphatic rings. The molecule has 0 aliphatic carbocycles. The van der Waals surface area contributed by atoms with E-state index in [0.717, 1.165) is 23.1 Å². The van der Waals surface area contributed by atoms with E-state index in [1.165, 1.54) is 14.2 Å². The second kappa shape index (κ2) is 6.25. The molecule has 1 amide bonds. The van der Waals surface area contributed by atoms with Crippen molar-refractivity contribution in [2.75, 3.05) is 14.2 Å². The van der Waals surface area contributed by atoms with Crippen LogP contribution in [-0.2, 0) is 6.54 Å². The number of nitrogens with one attached hydrogen (secondary N) is 2. The van der Waals surface area contributed by atoms with E-state index in [4.69, 9.17) is 21.1 Å². The monoisotopic (exact) mass is 335 g/mol. The largest absolute Gasteiger partial charge is 0.486 e. The van der Waals surface area contributed by atoms with Crippen molar-refractivity contribution in [1.29, 1.82) is 0 Å². The van der Waals surface area contributed by atoms with Crippen molar-refractivity contribution in [2.45, 2.75) is 6.54 Å². The average molecular weight is 336 g/mol. The van der Waals surface area contributed by atoms with E-state index in [-0.39, 0.29) is 16.4 Å². The summed E-state index contributed by atoms with van der Waals surface area (Å²) in [5.74, 6) is -0.0610. The maximum atomic E-state index is 11.9. The fourth-order valence-corrected chi connectivity index (χ4v) is 3.08. The molecule has 0 unspecified atom stereocenters. The molecule has 0 saturated heterocycles. The summed E-state index contributed by atoms with van der Waals surface area (Å²) in [7, 11) is 2.99. The predicted octanol–water partition coefficient (Wildman–Crippen LogP) is 1.49. The summed E-state index contributed by atoms with van der Waals surface area (Å²) in [6, 6.07) is 0. The normalized spacial score (nSPS) is 10.3. The topological polar surface area (TPSA) is 93.3 Å². The molecule has 0 aliphatic heterocycles. The van der Waals surface area contributed by atoms with Gasteiger partial charge in [0.15, 0.2) is 0 Å². The van der Waals surface area contributed by atoms with Gasteiger partial charge in [0.2, 0.25) is 10.9 Å². The van der Waals surface area contributed by atoms with Crippen LogP contribution in [0.15, 0.2) is 4.79 Å². The third-order valence-electron chi connectivity index (χ3n) is 2.37. The smallest absolute Gasteiger partial charge is 0.277 e. The Balaban J connectivity index is 2.13. The highest BCUT2D eigenvalue weighted by Crippen LogP contribution is 2.32. The number of hydrogen-bond acceptors (Lipinski definition) is 7. The van der Waals surface area contributed by atoms with Gasteiger partial charge in [-0.2, -0.15) is 4.37 Å². The minimum absolute atomic E-state index is 0.116. The van der Waals surface area contributed by atoms with Gasteiger partial charge >= 0.3 is 0 Å². The van der Waals surface area contributed by atoms with Crippen LogP contribution in [0.3, 0.4) is 0 Å². The summed E-state index contributed by atoms with van der Waals surface area (Å²) >= 11 is 7.74. The van der Waals surface area contributed by atoms with E-state index in [1.807, 2.05) is 0 Å². The Morgan fingerprint density at radius 1 is 1.45 bits per heavy atom. The minimum atomic E-state index is -0.478. The number of aromatic nitrogens is 2. The van der Waals surface area contributed by atoms with Crippen molar-refractivity contribution in [3.8, 4) is 10.9 Å². The lowest BCUT2D eigenvalue weighted by molar-refractivity contribution is 0.0954. The third-order valence-corrected chi connectivity index (χ3v) is 4.56. The molecule has 0 bridgehead atoms. The van der Waals surface area contributed by atoms with Gasteiger partial charge in [-0.3, -0.25) is 14.0 Å². The Morgan fingerprint density at radius 3 is 2.75 bits per heavy atom. The molecule has 0 fully saturated rings. The molecule has 0 radical (unpaired) electrons. The number of amides is 1. The van der Waals surface area contributed by atoms with Crippen molar-refractivity contribution in [3.05, 3.63) is 25.8 Å². The Kier molecular flexibility index (Phi) is 4.63. The first kappa shape index (κ1) is 14.8. The average Bonchev–Trinajstić information content (AvgIpc) is 3.00. The van der Waals surface area contributed by atoms with Crippen LogP contribution in [0.1, 0.15) is 15.2 Å². The van der Waals surface area contributed by atoms with Crippen LogP contribution in [0, 0.1) is 0 Å². The Bertz CT molecular complexity index is 657. The molecule has 2 aromatic rings. The number of nitrogens with zero attached hydrogens (tertiary/aromatic N) is 1. The Labute approximate surface area is 126 Å². The van der Waals surface area contributed by atoms with Crippen LogP contribution in [0.4, 0.5) is 0 Å². The summed E-state index contributed by atoms with van der Waals surface area (Å²) in [6.07, 6.45) is 0. The van der Waals surface area contributed by atoms with Crippen molar-refractivity contribution in [1.82, 2.24) is 14.1 Å². The van der Waals surface area contributed by atoms with Crippen molar-refractivity contribution >= 4 is 40.6 Å². The van der Waals surface area contributed by atoms with Gasteiger partial charge in [-0.1, -0.05) is 23.1 Å². The zero-order valence-electron chi connectivity index (χ0n) is 10.5. The predicted molar refractivity (Wildman–Crippen MR) is 76.3 cm³/mol. The summed E-state index contributed by atoms with van der Waals surface area (Å²) in [5, 5.41) is 3.08. The Hall–Kier alpha value is -1.58. The molecule has 2 heterocycles. The van der Waals surface area contributed by atoms with E-state index in [0.29, 0.717) is 16.5 Å². The number of halogens is 1. The van der Waals surface area contributed by atoms with Crippen LogP contribution in [0.2, 0.25) is 5.02 Å². The third kappa shape index (κ3) is 2.79. The summed E-state index contributed by atoms with van der Waals surface area (Å²) in [5.41, 5.74) is 0.154. The number of carbonyl (C=O) groups excluding carboxylic acids is 1. The highest BCUT2D eigenvalue weighted by molar-refractivity contribution is 7.08. The number of ether oxygens (including phenoxy) is 2. The fraction of sp³-hybridized carbons (Fsp3) is 0.300. The second-order valence-corrected chi connectivity index (χ2v) is 5.45. The minimum Gasteiger partial charge on any atom is -0.486 e. The van der Waals surface area contributed by atoms with Crippen molar-refractivity contribution in [2.24, 2.45) is 0 Å². The van der Waals surface area contributed by atoms with Crippen LogP contribution in [0.25, 0.3) is 0 Å². The quantitative estimate of drug-likeness (QED) is 0.863. The van der Waals surface area contributed by atoms with Crippen molar-refractivity contribution < 1.29 is 14.3 Å². The highest BCUT2D eigenvalue weighted by atomic mass is 35.5. The van der Waals surface area contributed by atoms with Gasteiger partial charge in [-0.05, 0) is 0 Å². The van der Waals surface area contributed by atoms with Crippen LogP contribution >= 0.6 is 34.7 Å². The zero-order chi connectivity index (χ0) is 14.7. The molecule has 108 valence electrons. The molecule has 2 rings (SSSR count). The van der Waals surface area contributed by atoms with Crippen LogP contribution < -0.4 is 20.3 Å². The Morgan fingerprint density at radius 2 is 2.20 bits per heavy atom. The number of rotatable bonds is 5. The van der Waals surface area contributed by atoms with Gasteiger partial charge in [-0.25, -0.2) is 0 Å². The van der Waals surface area contributed by atoms with Gasteiger partial charge in [0.1, 0.15) is 9.90 Å². The lowest BCUT2D eigenvalue weighted by Gasteiger charge is -2.05. The highest BCUT2D eigenvalue weighted by Gasteiger charge is 2.19. The maximum Gasteiger partial charge on any atom is 0.277 e. The van der Waals surface area contributed by atoms with Gasteiger partial charge in [0.05, 0.1) is 26.3 Å². The molecular formula is C10H10ClN3O4S2. The van der Waals surface area contributed by atoms with E-state index in [1.54, 1.807) is 0 Å². The lowest BCUT2D eigenvalue weighted by Crippen LogP contribution is -2.22. The van der Waals surface area contributed by atoms with E-state index >= 15 is 0 Å². The van der Waals surface area contributed by atoms with E-state index in [2.05, 4.69) is 14.1 Å². The first-order chi connectivity index (χ1) is 9.58. The van der Waals surface area contributed by atoms with E-state index in [9.17, 15) is 9.59 Å². The molecule has 2 aromatic heterocycles. The number of methoxy groups -OCH3 is 2. The number of aromatic amines is 1. The summed E-state index contributed by atoms with van der Waals surface area (Å²) in [6.45, 7) is 0.157. The fourth-order valence-electron chi connectivity index (χ4n) is 1.43. The maximum absolute atomic E-state index is 11.9. The number of H-pyrrole nitrogens is 1. The van der Waals surface area contributed by atoms with Gasteiger partial charge in [0.25, 0.3) is 11.5 Å². The first-order valence-corrected chi connectivity index (χ1v) is 7.27.